The van der Waals surface area contributed by atoms with Gasteiger partial charge in [0.1, 0.15) is 5.82 Å². The van der Waals surface area contributed by atoms with E-state index in [2.05, 4.69) is 24.8 Å². The number of nitrogens with zero attached hydrogens (tertiary/aromatic N) is 5. The van der Waals surface area contributed by atoms with Gasteiger partial charge in [-0.25, -0.2) is 15.0 Å². The molecule has 1 saturated heterocycles. The molecule has 0 radical (unpaired) electrons. The molecule has 6 heteroatoms. The zero-order valence-corrected chi connectivity index (χ0v) is 11.3. The highest BCUT2D eigenvalue weighted by Gasteiger charge is 2.19. The number of piperazine rings is 1. The second-order valence-electron chi connectivity index (χ2n) is 4.86. The van der Waals surface area contributed by atoms with Crippen molar-refractivity contribution in [3.8, 4) is 0 Å². The molecule has 0 aliphatic carbocycles. The fourth-order valence-electron chi connectivity index (χ4n) is 2.39. The van der Waals surface area contributed by atoms with E-state index in [1.54, 1.807) is 18.6 Å². The van der Waals surface area contributed by atoms with E-state index < -0.39 is 0 Å². The molecule has 0 aromatic carbocycles. The van der Waals surface area contributed by atoms with Crippen LogP contribution in [0.3, 0.4) is 0 Å². The fraction of sp³-hybridized carbons (Fsp3) is 0.357. The average Bonchev–Trinajstić information content (AvgIpc) is 2.51. The van der Waals surface area contributed by atoms with E-state index in [0.29, 0.717) is 5.82 Å². The summed E-state index contributed by atoms with van der Waals surface area (Å²) in [5.74, 6) is 1.44. The molecule has 1 fully saturated rings. The van der Waals surface area contributed by atoms with Gasteiger partial charge < -0.3 is 10.6 Å². The molecule has 3 heterocycles. The minimum Gasteiger partial charge on any atom is -0.383 e. The quantitative estimate of drug-likeness (QED) is 0.888. The van der Waals surface area contributed by atoms with Crippen LogP contribution in [-0.4, -0.2) is 46.0 Å². The van der Waals surface area contributed by atoms with Crippen LogP contribution < -0.4 is 10.6 Å². The van der Waals surface area contributed by atoms with Gasteiger partial charge in [0.15, 0.2) is 0 Å². The molecule has 6 nitrogen and oxygen atoms in total. The molecule has 0 spiro atoms. The molecule has 0 bridgehead atoms. The summed E-state index contributed by atoms with van der Waals surface area (Å²) in [5, 5.41) is 0. The minimum atomic E-state index is 0.626. The zero-order valence-electron chi connectivity index (χ0n) is 11.3. The fourth-order valence-corrected chi connectivity index (χ4v) is 2.39. The van der Waals surface area contributed by atoms with E-state index in [0.717, 1.165) is 44.2 Å². The summed E-state index contributed by atoms with van der Waals surface area (Å²) in [6, 6.07) is 5.81. The van der Waals surface area contributed by atoms with Gasteiger partial charge in [0.05, 0.1) is 0 Å². The highest BCUT2D eigenvalue weighted by molar-refractivity contribution is 5.38. The number of rotatable bonds is 3. The third-order valence-corrected chi connectivity index (χ3v) is 3.53. The summed E-state index contributed by atoms with van der Waals surface area (Å²) < 4.78 is 0. The maximum atomic E-state index is 5.89. The molecular weight excluding hydrogens is 252 g/mol. The molecule has 2 aromatic heterocycles. The van der Waals surface area contributed by atoms with Gasteiger partial charge in [-0.1, -0.05) is 6.07 Å². The molecule has 0 amide bonds. The number of hydrogen-bond donors (Lipinski definition) is 1. The third kappa shape index (κ3) is 2.85. The first-order chi connectivity index (χ1) is 9.83. The standard InChI is InChI=1S/C14H18N6/c15-13-12(3-1-4-16-13)11-19-7-9-20(10-8-19)14-17-5-2-6-18-14/h1-6H,7-11H2,(H2,15,16). The summed E-state index contributed by atoms with van der Waals surface area (Å²) in [7, 11) is 0. The maximum absolute atomic E-state index is 5.89. The highest BCUT2D eigenvalue weighted by Crippen LogP contribution is 2.14. The Morgan fingerprint density at radius 2 is 1.65 bits per heavy atom. The molecule has 104 valence electrons. The third-order valence-electron chi connectivity index (χ3n) is 3.53. The van der Waals surface area contributed by atoms with Crippen LogP contribution in [0.15, 0.2) is 36.8 Å². The lowest BCUT2D eigenvalue weighted by Gasteiger charge is -2.34. The van der Waals surface area contributed by atoms with Crippen LogP contribution in [0.25, 0.3) is 0 Å². The maximum Gasteiger partial charge on any atom is 0.225 e. The normalized spacial score (nSPS) is 16.3. The smallest absolute Gasteiger partial charge is 0.225 e. The lowest BCUT2D eigenvalue weighted by Crippen LogP contribution is -2.46. The molecule has 1 aliphatic heterocycles. The van der Waals surface area contributed by atoms with E-state index in [1.165, 1.54) is 0 Å². The first kappa shape index (κ1) is 12.8. The Balaban J connectivity index is 1.58. The van der Waals surface area contributed by atoms with Gasteiger partial charge in [-0.15, -0.1) is 0 Å². The van der Waals surface area contributed by atoms with Gasteiger partial charge in [0.25, 0.3) is 0 Å². The molecule has 0 unspecified atom stereocenters. The largest absolute Gasteiger partial charge is 0.383 e. The second kappa shape index (κ2) is 5.83. The van der Waals surface area contributed by atoms with Gasteiger partial charge in [-0.05, 0) is 12.1 Å². The van der Waals surface area contributed by atoms with Crippen molar-refractivity contribution < 1.29 is 0 Å². The molecule has 20 heavy (non-hydrogen) atoms. The van der Waals surface area contributed by atoms with Crippen LogP contribution >= 0.6 is 0 Å². The Bertz CT molecular complexity index is 551. The van der Waals surface area contributed by atoms with Crippen molar-refractivity contribution in [2.45, 2.75) is 6.54 Å². The van der Waals surface area contributed by atoms with E-state index >= 15 is 0 Å². The van der Waals surface area contributed by atoms with E-state index in [1.807, 2.05) is 18.2 Å². The molecule has 2 aromatic rings. The lowest BCUT2D eigenvalue weighted by molar-refractivity contribution is 0.249. The summed E-state index contributed by atoms with van der Waals surface area (Å²) in [6.07, 6.45) is 5.29. The minimum absolute atomic E-state index is 0.626. The van der Waals surface area contributed by atoms with Crippen molar-refractivity contribution in [1.29, 1.82) is 0 Å². The number of nitrogens with two attached hydrogens (primary N) is 1. The van der Waals surface area contributed by atoms with Gasteiger partial charge in [0, 0.05) is 56.9 Å². The summed E-state index contributed by atoms with van der Waals surface area (Å²) >= 11 is 0. The van der Waals surface area contributed by atoms with Gasteiger partial charge >= 0.3 is 0 Å². The van der Waals surface area contributed by atoms with Crippen molar-refractivity contribution >= 4 is 11.8 Å². The summed E-state index contributed by atoms with van der Waals surface area (Å²) in [4.78, 5) is 17.3. The van der Waals surface area contributed by atoms with Crippen molar-refractivity contribution in [1.82, 2.24) is 19.9 Å². The van der Waals surface area contributed by atoms with Crippen molar-refractivity contribution in [3.05, 3.63) is 42.4 Å². The first-order valence-electron chi connectivity index (χ1n) is 6.76. The predicted octanol–water partition coefficient (Wildman–Crippen LogP) is 0.776. The van der Waals surface area contributed by atoms with E-state index in [-0.39, 0.29) is 0 Å². The Morgan fingerprint density at radius 1 is 0.950 bits per heavy atom. The summed E-state index contributed by atoms with van der Waals surface area (Å²) in [5.41, 5.74) is 6.98. The first-order valence-corrected chi connectivity index (χ1v) is 6.76. The SMILES string of the molecule is Nc1ncccc1CN1CCN(c2ncccn2)CC1. The van der Waals surface area contributed by atoms with Crippen LogP contribution in [-0.2, 0) is 6.54 Å². The van der Waals surface area contributed by atoms with Crippen molar-refractivity contribution in [2.75, 3.05) is 36.8 Å². The van der Waals surface area contributed by atoms with Gasteiger partial charge in [0.2, 0.25) is 5.95 Å². The topological polar surface area (TPSA) is 71.2 Å². The number of aromatic nitrogens is 3. The molecule has 3 rings (SSSR count). The number of pyridine rings is 1. The molecule has 2 N–H and O–H groups in total. The van der Waals surface area contributed by atoms with Gasteiger partial charge in [-0.3, -0.25) is 4.90 Å². The Kier molecular flexibility index (Phi) is 3.73. The van der Waals surface area contributed by atoms with Crippen LogP contribution in [0.4, 0.5) is 11.8 Å². The zero-order chi connectivity index (χ0) is 13.8. The molecule has 0 saturated carbocycles. The Labute approximate surface area is 118 Å². The molecule has 0 atom stereocenters. The summed E-state index contributed by atoms with van der Waals surface area (Å²) in [6.45, 7) is 4.68. The van der Waals surface area contributed by atoms with E-state index in [4.69, 9.17) is 5.73 Å². The number of nitrogen functional groups attached to an aromatic ring is 1. The van der Waals surface area contributed by atoms with Gasteiger partial charge in [-0.2, -0.15) is 0 Å². The molecule has 1 aliphatic rings. The van der Waals surface area contributed by atoms with Crippen molar-refractivity contribution in [3.63, 3.8) is 0 Å². The Morgan fingerprint density at radius 3 is 2.35 bits per heavy atom. The average molecular weight is 270 g/mol. The number of anilines is 2. The lowest BCUT2D eigenvalue weighted by atomic mass is 10.2. The van der Waals surface area contributed by atoms with Crippen LogP contribution in [0.2, 0.25) is 0 Å². The van der Waals surface area contributed by atoms with Crippen LogP contribution in [0, 0.1) is 0 Å². The van der Waals surface area contributed by atoms with E-state index in [9.17, 15) is 0 Å². The highest BCUT2D eigenvalue weighted by atomic mass is 15.3. The van der Waals surface area contributed by atoms with Crippen molar-refractivity contribution in [2.24, 2.45) is 0 Å². The monoisotopic (exact) mass is 270 g/mol. The molecular formula is C14H18N6. The second-order valence-corrected chi connectivity index (χ2v) is 4.86. The van der Waals surface area contributed by atoms with Crippen LogP contribution in [0.1, 0.15) is 5.56 Å². The number of hydrogen-bond acceptors (Lipinski definition) is 6. The van der Waals surface area contributed by atoms with Crippen LogP contribution in [0.5, 0.6) is 0 Å². The predicted molar refractivity (Wildman–Crippen MR) is 78.2 cm³/mol. The Hall–Kier alpha value is -2.21.